The summed E-state index contributed by atoms with van der Waals surface area (Å²) in [5.41, 5.74) is 4.48. The third-order valence-corrected chi connectivity index (χ3v) is 7.85. The van der Waals surface area contributed by atoms with Crippen LogP contribution in [0.2, 0.25) is 0 Å². The van der Waals surface area contributed by atoms with E-state index in [4.69, 9.17) is 4.98 Å². The zero-order chi connectivity index (χ0) is 27.3. The van der Waals surface area contributed by atoms with E-state index in [1.807, 2.05) is 17.0 Å². The summed E-state index contributed by atoms with van der Waals surface area (Å²) in [5, 5.41) is 0. The van der Waals surface area contributed by atoms with E-state index in [0.29, 0.717) is 17.9 Å². The summed E-state index contributed by atoms with van der Waals surface area (Å²) in [6.45, 7) is 19.1. The summed E-state index contributed by atoms with van der Waals surface area (Å²) < 4.78 is 2.30. The number of imidazole rings is 1. The van der Waals surface area contributed by atoms with Crippen molar-refractivity contribution in [3.05, 3.63) is 65.5 Å². The molecule has 0 bridgehead atoms. The number of aromatic nitrogens is 2. The number of carbonyl (C=O) groups excluding carboxylic acids is 1. The summed E-state index contributed by atoms with van der Waals surface area (Å²) >= 11 is 0. The summed E-state index contributed by atoms with van der Waals surface area (Å²) in [6, 6.07) is 16.7. The lowest BCUT2D eigenvalue weighted by atomic mass is 9.83. The monoisotopic (exact) mass is 516 g/mol. The number of carbonyl (C=O) groups is 1. The number of likely N-dealkylation sites (tertiary alicyclic amines) is 1. The quantitative estimate of drug-likeness (QED) is 0.282. The van der Waals surface area contributed by atoms with Gasteiger partial charge in [-0.2, -0.15) is 0 Å². The molecule has 1 fully saturated rings. The van der Waals surface area contributed by atoms with Crippen molar-refractivity contribution in [3.63, 3.8) is 0 Å². The van der Waals surface area contributed by atoms with Crippen LogP contribution >= 0.6 is 0 Å². The fourth-order valence-electron chi connectivity index (χ4n) is 6.13. The minimum absolute atomic E-state index is 0.104. The molecule has 2 heterocycles. The highest BCUT2D eigenvalue weighted by Crippen LogP contribution is 2.32. The number of amides is 1. The van der Waals surface area contributed by atoms with Gasteiger partial charge in [0.2, 0.25) is 0 Å². The number of aryl methyl sites for hydroxylation is 1. The van der Waals surface area contributed by atoms with Crippen LogP contribution in [0.5, 0.6) is 0 Å². The second kappa shape index (κ2) is 12.5. The van der Waals surface area contributed by atoms with Crippen molar-refractivity contribution >= 4 is 16.9 Å². The molecule has 5 nitrogen and oxygen atoms in total. The van der Waals surface area contributed by atoms with Crippen molar-refractivity contribution in [2.24, 2.45) is 17.3 Å². The Kier molecular flexibility index (Phi) is 9.30. The zero-order valence-electron chi connectivity index (χ0n) is 24.5. The van der Waals surface area contributed by atoms with E-state index in [1.165, 1.54) is 18.4 Å². The van der Waals surface area contributed by atoms with Gasteiger partial charge >= 0.3 is 0 Å². The predicted octanol–water partition coefficient (Wildman–Crippen LogP) is 7.39. The molecule has 1 aromatic heterocycles. The van der Waals surface area contributed by atoms with Gasteiger partial charge in [-0.25, -0.2) is 4.98 Å². The highest BCUT2D eigenvalue weighted by atomic mass is 16.2. The van der Waals surface area contributed by atoms with Gasteiger partial charge in [-0.1, -0.05) is 65.8 Å². The fraction of sp³-hybridized carbons (Fsp3) is 0.576. The molecule has 0 aliphatic carbocycles. The molecule has 1 aliphatic rings. The van der Waals surface area contributed by atoms with Crippen molar-refractivity contribution < 1.29 is 4.79 Å². The largest absolute Gasteiger partial charge is 0.331 e. The maximum atomic E-state index is 14.0. The Morgan fingerprint density at radius 1 is 1.16 bits per heavy atom. The van der Waals surface area contributed by atoms with E-state index < -0.39 is 0 Å². The molecule has 0 spiro atoms. The lowest BCUT2D eigenvalue weighted by molar-refractivity contribution is 0.0729. The van der Waals surface area contributed by atoms with Gasteiger partial charge in [-0.3, -0.25) is 9.69 Å². The van der Waals surface area contributed by atoms with Crippen LogP contribution in [0.3, 0.4) is 0 Å². The maximum absolute atomic E-state index is 14.0. The van der Waals surface area contributed by atoms with Crippen LogP contribution in [0.4, 0.5) is 0 Å². The van der Waals surface area contributed by atoms with Crippen LogP contribution < -0.4 is 0 Å². The Hall–Kier alpha value is -2.66. The summed E-state index contributed by atoms with van der Waals surface area (Å²) in [5.74, 6) is 2.36. The first-order valence-corrected chi connectivity index (χ1v) is 14.7. The first-order valence-electron chi connectivity index (χ1n) is 14.7. The molecule has 38 heavy (non-hydrogen) atoms. The van der Waals surface area contributed by atoms with E-state index in [2.05, 4.69) is 87.4 Å². The number of fused-ring (bicyclic) bond motifs is 1. The molecule has 1 amide bonds. The Morgan fingerprint density at radius 3 is 2.71 bits per heavy atom. The molecule has 1 atom stereocenters. The van der Waals surface area contributed by atoms with E-state index in [1.54, 1.807) is 0 Å². The van der Waals surface area contributed by atoms with Crippen molar-refractivity contribution in [1.82, 2.24) is 19.4 Å². The highest BCUT2D eigenvalue weighted by molar-refractivity contribution is 5.94. The van der Waals surface area contributed by atoms with Gasteiger partial charge in [0.25, 0.3) is 5.91 Å². The number of nitrogens with zero attached hydrogens (tertiary/aromatic N) is 4. The van der Waals surface area contributed by atoms with E-state index >= 15 is 0 Å². The van der Waals surface area contributed by atoms with Crippen LogP contribution in [0.25, 0.3) is 11.0 Å². The van der Waals surface area contributed by atoms with Crippen molar-refractivity contribution in [1.29, 1.82) is 0 Å². The lowest BCUT2D eigenvalue weighted by Crippen LogP contribution is -2.34. The first kappa shape index (κ1) is 28.4. The molecular weight excluding hydrogens is 468 g/mol. The third kappa shape index (κ3) is 7.25. The second-order valence-electron chi connectivity index (χ2n) is 12.8. The molecule has 1 aliphatic heterocycles. The van der Waals surface area contributed by atoms with Crippen LogP contribution in [0, 0.1) is 17.3 Å². The Morgan fingerprint density at radius 2 is 1.95 bits per heavy atom. The highest BCUT2D eigenvalue weighted by Gasteiger charge is 2.28. The standard InChI is InChI=1S/C33H48N4O/c1-7-17-37-30-14-9-8-13-29(30)34-31(37)23-36(19-15-25(2)3)32(38)28-12-10-11-27(20-28)22-35-18-16-26(4)21-33(5,6)24-35/h8-14,20,25-26H,7,15-19,21-24H2,1-6H3. The normalized spacial score (nSPS) is 18.1. The summed E-state index contributed by atoms with van der Waals surface area (Å²) in [6.07, 6.45) is 4.52. The van der Waals surface area contributed by atoms with Crippen LogP contribution in [-0.2, 0) is 19.6 Å². The minimum Gasteiger partial charge on any atom is -0.331 e. The average Bonchev–Trinajstić information content (AvgIpc) is 3.14. The predicted molar refractivity (Wildman–Crippen MR) is 158 cm³/mol. The van der Waals surface area contributed by atoms with Crippen LogP contribution in [0.1, 0.15) is 89.0 Å². The van der Waals surface area contributed by atoms with Crippen LogP contribution in [0.15, 0.2) is 48.5 Å². The Labute approximate surface area is 230 Å². The summed E-state index contributed by atoms with van der Waals surface area (Å²) in [4.78, 5) is 23.5. The number of hydrogen-bond donors (Lipinski definition) is 0. The Balaban J connectivity index is 1.56. The van der Waals surface area contributed by atoms with Crippen LogP contribution in [-0.4, -0.2) is 44.9 Å². The zero-order valence-corrected chi connectivity index (χ0v) is 24.5. The molecule has 4 rings (SSSR count). The molecule has 2 aromatic carbocycles. The topological polar surface area (TPSA) is 41.4 Å². The molecule has 3 aromatic rings. The Bertz CT molecular complexity index is 1210. The lowest BCUT2D eigenvalue weighted by Gasteiger charge is -2.30. The van der Waals surface area contributed by atoms with E-state index in [0.717, 1.165) is 73.9 Å². The SMILES string of the molecule is CCCn1c(CN(CCC(C)C)C(=O)c2cccc(CN3CCC(C)CC(C)(C)C3)c2)nc2ccccc21. The van der Waals surface area contributed by atoms with Gasteiger partial charge in [0.1, 0.15) is 5.82 Å². The maximum Gasteiger partial charge on any atom is 0.254 e. The molecule has 0 saturated carbocycles. The van der Waals surface area contributed by atoms with Gasteiger partial charge in [-0.05, 0) is 79.3 Å². The van der Waals surface area contributed by atoms with Gasteiger partial charge in [-0.15, -0.1) is 0 Å². The van der Waals surface area contributed by atoms with E-state index in [-0.39, 0.29) is 5.91 Å². The van der Waals surface area contributed by atoms with Gasteiger partial charge < -0.3 is 9.47 Å². The van der Waals surface area contributed by atoms with Crippen molar-refractivity contribution in [3.8, 4) is 0 Å². The molecule has 0 N–H and O–H groups in total. The molecule has 1 saturated heterocycles. The molecule has 206 valence electrons. The smallest absolute Gasteiger partial charge is 0.254 e. The third-order valence-electron chi connectivity index (χ3n) is 7.85. The fourth-order valence-corrected chi connectivity index (χ4v) is 6.13. The number of para-hydroxylation sites is 2. The second-order valence-corrected chi connectivity index (χ2v) is 12.8. The summed E-state index contributed by atoms with van der Waals surface area (Å²) in [7, 11) is 0. The van der Waals surface area contributed by atoms with Crippen molar-refractivity contribution in [2.45, 2.75) is 86.9 Å². The first-order chi connectivity index (χ1) is 18.1. The van der Waals surface area contributed by atoms with Gasteiger partial charge in [0.15, 0.2) is 0 Å². The van der Waals surface area contributed by atoms with Gasteiger partial charge in [0, 0.05) is 31.7 Å². The number of hydrogen-bond acceptors (Lipinski definition) is 3. The molecule has 5 heteroatoms. The average molecular weight is 517 g/mol. The van der Waals surface area contributed by atoms with E-state index in [9.17, 15) is 4.79 Å². The molecular formula is C33H48N4O. The minimum atomic E-state index is 0.104. The molecule has 1 unspecified atom stereocenters. The van der Waals surface area contributed by atoms with Gasteiger partial charge in [0.05, 0.1) is 17.6 Å². The number of rotatable bonds is 10. The number of benzene rings is 2. The van der Waals surface area contributed by atoms with Crippen molar-refractivity contribution in [2.75, 3.05) is 19.6 Å². The molecule has 0 radical (unpaired) electrons.